The molecule has 0 aliphatic carbocycles. The van der Waals surface area contributed by atoms with Gasteiger partial charge in [-0.25, -0.2) is 13.1 Å². The second kappa shape index (κ2) is 8.89. The Bertz CT molecular complexity index is 1120. The summed E-state index contributed by atoms with van der Waals surface area (Å²) in [6.45, 7) is 2.97. The number of thiazole rings is 1. The summed E-state index contributed by atoms with van der Waals surface area (Å²) in [5, 5.41) is 0. The lowest BCUT2D eigenvalue weighted by Gasteiger charge is -2.08. The van der Waals surface area contributed by atoms with Crippen LogP contribution >= 0.6 is 11.3 Å². The van der Waals surface area contributed by atoms with Crippen molar-refractivity contribution in [1.82, 2.24) is 9.29 Å². The standard InChI is InChI=1S/C20H24N2O4S2/c1-3-12-22-18-10-9-17(14-19(18)27-20(22)23)28(24,25)21-11-5-7-15-6-4-8-16(13-15)26-2/h4,6,8-10,13-14,21H,3,5,7,11-12H2,1-2H3. The van der Waals surface area contributed by atoms with Crippen LogP contribution in [0, 0.1) is 0 Å². The van der Waals surface area contributed by atoms with E-state index < -0.39 is 10.0 Å². The fourth-order valence-electron chi connectivity index (χ4n) is 3.06. The van der Waals surface area contributed by atoms with Crippen molar-refractivity contribution in [3.8, 4) is 5.75 Å². The van der Waals surface area contributed by atoms with Gasteiger partial charge < -0.3 is 4.74 Å². The molecule has 0 atom stereocenters. The van der Waals surface area contributed by atoms with Gasteiger partial charge in [0.1, 0.15) is 5.75 Å². The largest absolute Gasteiger partial charge is 0.497 e. The van der Waals surface area contributed by atoms with E-state index >= 15 is 0 Å². The van der Waals surface area contributed by atoms with Crippen molar-refractivity contribution in [2.45, 2.75) is 37.6 Å². The lowest BCUT2D eigenvalue weighted by atomic mass is 10.1. The Morgan fingerprint density at radius 1 is 1.18 bits per heavy atom. The highest BCUT2D eigenvalue weighted by molar-refractivity contribution is 7.89. The average molecular weight is 421 g/mol. The molecule has 0 fully saturated rings. The van der Waals surface area contributed by atoms with Gasteiger partial charge in [-0.15, -0.1) is 0 Å². The maximum atomic E-state index is 12.6. The summed E-state index contributed by atoms with van der Waals surface area (Å²) >= 11 is 1.08. The third-order valence-corrected chi connectivity index (χ3v) is 6.87. The van der Waals surface area contributed by atoms with Gasteiger partial charge in [0.15, 0.2) is 0 Å². The predicted molar refractivity (Wildman–Crippen MR) is 113 cm³/mol. The minimum atomic E-state index is -3.61. The molecule has 1 aromatic heterocycles. The molecule has 6 nitrogen and oxygen atoms in total. The van der Waals surface area contributed by atoms with Crippen molar-refractivity contribution < 1.29 is 13.2 Å². The Balaban J connectivity index is 1.66. The number of sulfonamides is 1. The van der Waals surface area contributed by atoms with Gasteiger partial charge in [-0.2, -0.15) is 0 Å². The highest BCUT2D eigenvalue weighted by Gasteiger charge is 2.16. The minimum Gasteiger partial charge on any atom is -0.497 e. The first-order chi connectivity index (χ1) is 13.4. The SMILES string of the molecule is CCCn1c(=O)sc2cc(S(=O)(=O)NCCCc3cccc(OC)c3)ccc21. The molecule has 0 radical (unpaired) electrons. The van der Waals surface area contributed by atoms with Crippen LogP contribution in [0.25, 0.3) is 10.2 Å². The molecule has 3 aromatic rings. The van der Waals surface area contributed by atoms with Crippen LogP contribution in [0.3, 0.4) is 0 Å². The highest BCUT2D eigenvalue weighted by atomic mass is 32.2. The van der Waals surface area contributed by atoms with Gasteiger partial charge in [0.25, 0.3) is 0 Å². The van der Waals surface area contributed by atoms with Crippen molar-refractivity contribution in [1.29, 1.82) is 0 Å². The smallest absolute Gasteiger partial charge is 0.308 e. The molecule has 0 saturated carbocycles. The maximum absolute atomic E-state index is 12.6. The number of aromatic nitrogens is 1. The molecule has 150 valence electrons. The first-order valence-corrected chi connectivity index (χ1v) is 11.5. The molecule has 2 aromatic carbocycles. The van der Waals surface area contributed by atoms with Crippen LogP contribution < -0.4 is 14.3 Å². The van der Waals surface area contributed by atoms with E-state index in [1.54, 1.807) is 29.9 Å². The molecule has 1 heterocycles. The summed E-state index contributed by atoms with van der Waals surface area (Å²) in [6, 6.07) is 12.6. The van der Waals surface area contributed by atoms with Crippen LogP contribution in [-0.2, 0) is 23.0 Å². The molecule has 0 aliphatic heterocycles. The fourth-order valence-corrected chi connectivity index (χ4v) is 5.19. The summed E-state index contributed by atoms with van der Waals surface area (Å²) in [6.07, 6.45) is 2.27. The lowest BCUT2D eigenvalue weighted by Crippen LogP contribution is -2.25. The summed E-state index contributed by atoms with van der Waals surface area (Å²) in [5.74, 6) is 0.792. The van der Waals surface area contributed by atoms with Crippen LogP contribution in [-0.4, -0.2) is 26.6 Å². The number of rotatable bonds is 9. The summed E-state index contributed by atoms with van der Waals surface area (Å²) in [4.78, 5) is 12.2. The van der Waals surface area contributed by atoms with E-state index in [0.717, 1.165) is 41.0 Å². The summed E-state index contributed by atoms with van der Waals surface area (Å²) in [7, 11) is -1.99. The molecule has 3 rings (SSSR count). The number of nitrogens with one attached hydrogen (secondary N) is 1. The average Bonchev–Trinajstić information content (AvgIpc) is 3.00. The topological polar surface area (TPSA) is 77.4 Å². The predicted octanol–water partition coefficient (Wildman–Crippen LogP) is 3.39. The first kappa shape index (κ1) is 20.6. The van der Waals surface area contributed by atoms with Crippen molar-refractivity contribution in [3.63, 3.8) is 0 Å². The zero-order valence-corrected chi connectivity index (χ0v) is 17.6. The molecule has 0 aliphatic rings. The molecule has 0 amide bonds. The molecular formula is C20H24N2O4S2. The van der Waals surface area contributed by atoms with E-state index in [0.29, 0.717) is 24.2 Å². The number of benzene rings is 2. The van der Waals surface area contributed by atoms with E-state index in [1.165, 1.54) is 0 Å². The third kappa shape index (κ3) is 4.63. The Hall–Kier alpha value is -2.16. The van der Waals surface area contributed by atoms with Crippen LogP contribution in [0.1, 0.15) is 25.3 Å². The zero-order chi connectivity index (χ0) is 20.1. The minimum absolute atomic E-state index is 0.0577. The molecule has 0 unspecified atom stereocenters. The van der Waals surface area contributed by atoms with Gasteiger partial charge in [0.05, 0.1) is 22.2 Å². The zero-order valence-electron chi connectivity index (χ0n) is 16.0. The molecule has 28 heavy (non-hydrogen) atoms. The van der Waals surface area contributed by atoms with E-state index in [4.69, 9.17) is 4.74 Å². The number of nitrogens with zero attached hydrogens (tertiary/aromatic N) is 1. The van der Waals surface area contributed by atoms with Gasteiger partial charge in [-0.1, -0.05) is 30.4 Å². The Morgan fingerprint density at radius 3 is 2.75 bits per heavy atom. The first-order valence-electron chi connectivity index (χ1n) is 9.20. The highest BCUT2D eigenvalue weighted by Crippen LogP contribution is 2.22. The van der Waals surface area contributed by atoms with E-state index in [2.05, 4.69) is 4.72 Å². The Kier molecular flexibility index (Phi) is 6.53. The van der Waals surface area contributed by atoms with Gasteiger partial charge in [-0.3, -0.25) is 9.36 Å². The van der Waals surface area contributed by atoms with Gasteiger partial charge in [-0.05, 0) is 55.2 Å². The maximum Gasteiger partial charge on any atom is 0.308 e. The lowest BCUT2D eigenvalue weighted by molar-refractivity contribution is 0.414. The fraction of sp³-hybridized carbons (Fsp3) is 0.350. The van der Waals surface area contributed by atoms with Crippen LogP contribution in [0.5, 0.6) is 5.75 Å². The molecule has 0 saturated heterocycles. The second-order valence-electron chi connectivity index (χ2n) is 6.50. The number of hydrogen-bond acceptors (Lipinski definition) is 5. The number of fused-ring (bicyclic) bond motifs is 1. The molecular weight excluding hydrogens is 396 g/mol. The molecule has 1 N–H and O–H groups in total. The summed E-state index contributed by atoms with van der Waals surface area (Å²) in [5.41, 5.74) is 1.89. The van der Waals surface area contributed by atoms with Gasteiger partial charge >= 0.3 is 4.87 Å². The van der Waals surface area contributed by atoms with Crippen LogP contribution in [0.15, 0.2) is 52.2 Å². The normalized spacial score (nSPS) is 11.8. The summed E-state index contributed by atoms with van der Waals surface area (Å²) < 4.78 is 35.4. The molecule has 0 spiro atoms. The number of aryl methyl sites for hydroxylation is 2. The van der Waals surface area contributed by atoms with E-state index in [-0.39, 0.29) is 9.77 Å². The van der Waals surface area contributed by atoms with Crippen LogP contribution in [0.2, 0.25) is 0 Å². The third-order valence-electron chi connectivity index (χ3n) is 4.47. The molecule has 8 heteroatoms. The van der Waals surface area contributed by atoms with E-state index in [1.807, 2.05) is 31.2 Å². The van der Waals surface area contributed by atoms with Crippen molar-refractivity contribution in [2.75, 3.05) is 13.7 Å². The second-order valence-corrected chi connectivity index (χ2v) is 9.26. The van der Waals surface area contributed by atoms with Crippen LogP contribution in [0.4, 0.5) is 0 Å². The monoisotopic (exact) mass is 420 g/mol. The number of ether oxygens (including phenoxy) is 1. The van der Waals surface area contributed by atoms with Crippen molar-refractivity contribution >= 4 is 31.6 Å². The van der Waals surface area contributed by atoms with Gasteiger partial charge in [0.2, 0.25) is 10.0 Å². The number of hydrogen-bond donors (Lipinski definition) is 1. The quantitative estimate of drug-likeness (QED) is 0.538. The Labute approximate surface area is 168 Å². The Morgan fingerprint density at radius 2 is 2.00 bits per heavy atom. The van der Waals surface area contributed by atoms with E-state index in [9.17, 15) is 13.2 Å². The van der Waals surface area contributed by atoms with Gasteiger partial charge in [0, 0.05) is 13.1 Å². The van der Waals surface area contributed by atoms with Crippen molar-refractivity contribution in [2.24, 2.45) is 0 Å². The molecule has 0 bridgehead atoms. The van der Waals surface area contributed by atoms with Crippen molar-refractivity contribution in [3.05, 3.63) is 57.7 Å². The number of methoxy groups -OCH3 is 1.